The molecule has 3 aromatic heterocycles. The first-order valence-corrected chi connectivity index (χ1v) is 19.7. The molecular weight excluding hydrogens is 651 g/mol. The molecule has 8 aromatic rings. The quantitative estimate of drug-likeness (QED) is 0.0838. The monoisotopic (exact) mass is 697 g/mol. The highest BCUT2D eigenvalue weighted by Crippen LogP contribution is 2.40. The summed E-state index contributed by atoms with van der Waals surface area (Å²) in [6.07, 6.45) is 17.0. The molecule has 1 atom stereocenters. The number of hydrogen-bond donors (Lipinski definition) is 0. The lowest BCUT2D eigenvalue weighted by molar-refractivity contribution is -0.138. The van der Waals surface area contributed by atoms with E-state index in [0.29, 0.717) is 6.47 Å². The zero-order valence-electron chi connectivity index (χ0n) is 30.6. The van der Waals surface area contributed by atoms with E-state index in [4.69, 9.17) is 4.74 Å². The van der Waals surface area contributed by atoms with E-state index < -0.39 is 0 Å². The largest absolute Gasteiger partial charge is 0.443 e. The van der Waals surface area contributed by atoms with E-state index in [-0.39, 0.29) is 6.23 Å². The lowest BCUT2D eigenvalue weighted by Gasteiger charge is -2.20. The Labute approximate surface area is 311 Å². The second-order valence-corrected chi connectivity index (χ2v) is 14.8. The maximum absolute atomic E-state index is 12.1. The maximum atomic E-state index is 12.1. The Kier molecular flexibility index (Phi) is 9.09. The van der Waals surface area contributed by atoms with Crippen LogP contribution >= 0.6 is 0 Å². The van der Waals surface area contributed by atoms with E-state index in [9.17, 15) is 4.79 Å². The van der Waals surface area contributed by atoms with Crippen molar-refractivity contribution in [3.8, 4) is 11.4 Å². The molecule has 3 heterocycles. The van der Waals surface area contributed by atoms with Crippen LogP contribution in [-0.4, -0.2) is 20.2 Å². The minimum atomic E-state index is -0.388. The number of unbranched alkanes of at least 4 members (excludes halogenated alkanes) is 7. The topological polar surface area (TPSA) is 41.1 Å². The number of benzene rings is 5. The first-order chi connectivity index (χ1) is 26.3. The Hall–Kier alpha value is -5.55. The first kappa shape index (κ1) is 33.3. The van der Waals surface area contributed by atoms with Gasteiger partial charge in [-0.2, -0.15) is 0 Å². The summed E-state index contributed by atoms with van der Waals surface area (Å²) < 4.78 is 13.1. The van der Waals surface area contributed by atoms with Gasteiger partial charge >= 0.3 is 0 Å². The number of aryl methyl sites for hydroxylation is 1. The van der Waals surface area contributed by atoms with E-state index in [1.807, 2.05) is 0 Å². The molecule has 53 heavy (non-hydrogen) atoms. The number of carbonyl (C=O) groups excluding carboxylic acids is 1. The van der Waals surface area contributed by atoms with Crippen LogP contribution in [0, 0.1) is 0 Å². The zero-order valence-corrected chi connectivity index (χ0v) is 30.6. The summed E-state index contributed by atoms with van der Waals surface area (Å²) in [6, 6.07) is 39.8. The van der Waals surface area contributed by atoms with Crippen molar-refractivity contribution in [3.63, 3.8) is 0 Å². The van der Waals surface area contributed by atoms with E-state index in [1.165, 1.54) is 82.5 Å². The van der Waals surface area contributed by atoms with Crippen LogP contribution < -0.4 is 0 Å². The number of allylic oxidation sites excluding steroid dienone is 1. The highest BCUT2D eigenvalue weighted by Gasteiger charge is 2.23. The van der Waals surface area contributed by atoms with Crippen LogP contribution in [0.3, 0.4) is 0 Å². The number of carbonyl (C=O) groups is 1. The Balaban J connectivity index is 1.21. The number of nitrogens with zero attached hydrogens (tertiary/aromatic N) is 3. The molecule has 5 heteroatoms. The van der Waals surface area contributed by atoms with Crippen LogP contribution in [0.2, 0.25) is 0 Å². The molecule has 5 nitrogen and oxygen atoms in total. The van der Waals surface area contributed by atoms with Crippen LogP contribution in [-0.2, 0) is 16.0 Å². The molecule has 0 saturated carbocycles. The summed E-state index contributed by atoms with van der Waals surface area (Å²) in [5.74, 6) is 0. The molecule has 0 saturated heterocycles. The van der Waals surface area contributed by atoms with Gasteiger partial charge in [-0.3, -0.25) is 4.79 Å². The molecule has 0 fully saturated rings. The van der Waals surface area contributed by atoms with Gasteiger partial charge < -0.3 is 18.4 Å². The summed E-state index contributed by atoms with van der Waals surface area (Å²) in [4.78, 5) is 12.1. The van der Waals surface area contributed by atoms with Gasteiger partial charge in [-0.1, -0.05) is 113 Å². The smallest absolute Gasteiger partial charge is 0.295 e. The first-order valence-electron chi connectivity index (χ1n) is 19.7. The normalized spacial score (nSPS) is 13.5. The third-order valence-electron chi connectivity index (χ3n) is 11.5. The molecular formula is C48H47N3O2. The van der Waals surface area contributed by atoms with E-state index in [2.05, 4.69) is 142 Å². The van der Waals surface area contributed by atoms with Gasteiger partial charge in [0.2, 0.25) is 0 Å². The molecule has 9 rings (SSSR count). The number of ether oxygens (including phenoxy) is 1. The average molecular weight is 698 g/mol. The molecule has 0 radical (unpaired) electrons. The Morgan fingerprint density at radius 2 is 1.15 bits per heavy atom. The fraction of sp³-hybridized carbons (Fsp3) is 0.271. The highest BCUT2D eigenvalue weighted by atomic mass is 16.5. The molecule has 0 aliphatic heterocycles. The van der Waals surface area contributed by atoms with Crippen molar-refractivity contribution in [2.75, 3.05) is 0 Å². The van der Waals surface area contributed by atoms with Crippen molar-refractivity contribution in [1.82, 2.24) is 13.7 Å². The van der Waals surface area contributed by atoms with Gasteiger partial charge in [0.05, 0.1) is 27.6 Å². The van der Waals surface area contributed by atoms with Crippen LogP contribution in [0.1, 0.15) is 88.6 Å². The second-order valence-electron chi connectivity index (χ2n) is 14.8. The fourth-order valence-corrected chi connectivity index (χ4v) is 9.06. The number of rotatable bonds is 14. The molecule has 0 spiro atoms. The van der Waals surface area contributed by atoms with Crippen molar-refractivity contribution >= 4 is 67.1 Å². The van der Waals surface area contributed by atoms with E-state index in [0.717, 1.165) is 65.3 Å². The predicted molar refractivity (Wildman–Crippen MR) is 221 cm³/mol. The van der Waals surface area contributed by atoms with Gasteiger partial charge in [-0.05, 0) is 85.5 Å². The summed E-state index contributed by atoms with van der Waals surface area (Å²) in [7, 11) is 0. The fourth-order valence-electron chi connectivity index (χ4n) is 9.06. The number of fused-ring (bicyclic) bond motifs is 9. The molecule has 1 aliphatic carbocycles. The summed E-state index contributed by atoms with van der Waals surface area (Å²) >= 11 is 0. The van der Waals surface area contributed by atoms with Gasteiger partial charge in [0.1, 0.15) is 0 Å². The van der Waals surface area contributed by atoms with E-state index >= 15 is 0 Å². The van der Waals surface area contributed by atoms with E-state index in [1.54, 1.807) is 0 Å². The van der Waals surface area contributed by atoms with Crippen LogP contribution in [0.4, 0.5) is 0 Å². The number of aromatic nitrogens is 3. The predicted octanol–water partition coefficient (Wildman–Crippen LogP) is 13.0. The summed E-state index contributed by atoms with van der Waals surface area (Å²) in [6.45, 7) is 2.90. The molecule has 0 bridgehead atoms. The molecule has 0 N–H and O–H groups in total. The molecule has 266 valence electrons. The minimum absolute atomic E-state index is 0.388. The van der Waals surface area contributed by atoms with Crippen LogP contribution in [0.15, 0.2) is 115 Å². The average Bonchev–Trinajstić information content (AvgIpc) is 3.84. The van der Waals surface area contributed by atoms with Gasteiger partial charge in [-0.15, -0.1) is 0 Å². The summed E-state index contributed by atoms with van der Waals surface area (Å²) in [5, 5.41) is 6.12. The lowest BCUT2D eigenvalue weighted by atomic mass is 10.0. The standard InChI is InChI=1S/C48H47N3O2/c1-2-3-4-5-6-7-8-9-26-48(53-33-52)51-46-29-27-34(49-42-22-14-10-18-36(42)37-19-11-15-23-43(37)49)31-40(46)41-32-35(28-30-47(41)51)50-44-24-16-12-20-38(44)39-21-13-17-25-45(39)50/h10-12,14-20,22-25,27-33,48H,2-9,13,21,26H2,1H3. The van der Waals surface area contributed by atoms with Gasteiger partial charge in [0.25, 0.3) is 6.47 Å². The third kappa shape index (κ3) is 5.83. The lowest BCUT2D eigenvalue weighted by Crippen LogP contribution is -2.12. The Morgan fingerprint density at radius 1 is 0.604 bits per heavy atom. The molecule has 1 unspecified atom stereocenters. The van der Waals surface area contributed by atoms with Crippen molar-refractivity contribution in [3.05, 3.63) is 127 Å². The van der Waals surface area contributed by atoms with Gasteiger partial charge in [0.15, 0.2) is 6.23 Å². The molecule has 5 aromatic carbocycles. The zero-order chi connectivity index (χ0) is 35.7. The molecule has 1 aliphatic rings. The minimum Gasteiger partial charge on any atom is -0.443 e. The van der Waals surface area contributed by atoms with Crippen molar-refractivity contribution in [2.45, 2.75) is 83.8 Å². The van der Waals surface area contributed by atoms with Crippen molar-refractivity contribution in [2.24, 2.45) is 0 Å². The SMILES string of the molecule is CCCCCCCCCCC(OC=O)n1c2ccc(-n3c4c(c5ccccc53)CCC=C4)cc2c2cc(-n3c4ccccc4c4ccccc43)ccc21. The Morgan fingerprint density at radius 3 is 1.77 bits per heavy atom. The number of para-hydroxylation sites is 3. The van der Waals surface area contributed by atoms with Gasteiger partial charge in [0, 0.05) is 50.4 Å². The summed E-state index contributed by atoms with van der Waals surface area (Å²) in [5.41, 5.74) is 10.7. The number of hydrogen-bond acceptors (Lipinski definition) is 2. The van der Waals surface area contributed by atoms with Crippen LogP contribution in [0.5, 0.6) is 0 Å². The van der Waals surface area contributed by atoms with Crippen molar-refractivity contribution in [1.29, 1.82) is 0 Å². The second kappa shape index (κ2) is 14.5. The van der Waals surface area contributed by atoms with Gasteiger partial charge in [-0.25, -0.2) is 0 Å². The maximum Gasteiger partial charge on any atom is 0.295 e. The highest BCUT2D eigenvalue weighted by molar-refractivity contribution is 6.12. The Bertz CT molecular complexity index is 2580. The van der Waals surface area contributed by atoms with Crippen molar-refractivity contribution < 1.29 is 9.53 Å². The molecule has 0 amide bonds. The van der Waals surface area contributed by atoms with Crippen LogP contribution in [0.25, 0.3) is 72.0 Å². The third-order valence-corrected chi connectivity index (χ3v) is 11.5.